The molecule has 1 nitrogen and oxygen atoms in total. The van der Waals surface area contributed by atoms with Gasteiger partial charge in [0.2, 0.25) is 0 Å². The van der Waals surface area contributed by atoms with Gasteiger partial charge in [0.15, 0.2) is 0 Å². The van der Waals surface area contributed by atoms with Crippen molar-refractivity contribution in [3.8, 4) is 0 Å². The van der Waals surface area contributed by atoms with Crippen LogP contribution in [0.2, 0.25) is 0 Å². The lowest BCUT2D eigenvalue weighted by molar-refractivity contribution is 0.116. The Morgan fingerprint density at radius 3 is 2.79 bits per heavy atom. The van der Waals surface area contributed by atoms with E-state index in [1.54, 1.807) is 0 Å². The van der Waals surface area contributed by atoms with E-state index in [9.17, 15) is 0 Å². The third-order valence-electron chi connectivity index (χ3n) is 2.62. The fraction of sp³-hybridized carbons (Fsp3) is 0.385. The summed E-state index contributed by atoms with van der Waals surface area (Å²) in [5.74, 6) is 0. The van der Waals surface area contributed by atoms with Crippen molar-refractivity contribution in [2.24, 2.45) is 0 Å². The minimum Gasteiger partial charge on any atom is -0.498 e. The Hall–Kier alpha value is -1.24. The number of aryl methyl sites for hydroxylation is 1. The van der Waals surface area contributed by atoms with Crippen LogP contribution in [-0.2, 0) is 11.2 Å². The zero-order chi connectivity index (χ0) is 9.64. The Bertz CT molecular complexity index is 289. The van der Waals surface area contributed by atoms with Gasteiger partial charge in [-0.2, -0.15) is 0 Å². The maximum absolute atomic E-state index is 5.52. The molecule has 0 aliphatic carbocycles. The first-order chi connectivity index (χ1) is 6.95. The largest absolute Gasteiger partial charge is 0.498 e. The molecule has 0 aromatic heterocycles. The van der Waals surface area contributed by atoms with Gasteiger partial charge < -0.3 is 4.74 Å². The van der Waals surface area contributed by atoms with E-state index >= 15 is 0 Å². The van der Waals surface area contributed by atoms with Crippen molar-refractivity contribution >= 4 is 0 Å². The van der Waals surface area contributed by atoms with Crippen LogP contribution in [0.4, 0.5) is 0 Å². The third-order valence-corrected chi connectivity index (χ3v) is 2.62. The molecular weight excluding hydrogens is 172 g/mol. The Morgan fingerprint density at radius 1 is 1.21 bits per heavy atom. The van der Waals surface area contributed by atoms with E-state index < -0.39 is 0 Å². The number of hydrogen-bond acceptors (Lipinski definition) is 1. The predicted molar refractivity (Wildman–Crippen MR) is 58.0 cm³/mol. The second-order valence-electron chi connectivity index (χ2n) is 3.73. The van der Waals surface area contributed by atoms with E-state index in [0.717, 1.165) is 12.8 Å². The first-order valence-corrected chi connectivity index (χ1v) is 5.29. The van der Waals surface area contributed by atoms with E-state index in [4.69, 9.17) is 4.74 Å². The summed E-state index contributed by atoms with van der Waals surface area (Å²) in [4.78, 5) is 0. The van der Waals surface area contributed by atoms with Crippen LogP contribution >= 0.6 is 0 Å². The van der Waals surface area contributed by atoms with E-state index in [-0.39, 0.29) is 0 Å². The number of allylic oxidation sites excluding steroid dienone is 1. The molecule has 0 amide bonds. The Labute approximate surface area is 85.4 Å². The molecule has 14 heavy (non-hydrogen) atoms. The van der Waals surface area contributed by atoms with Crippen LogP contribution in [0.3, 0.4) is 0 Å². The van der Waals surface area contributed by atoms with E-state index in [1.165, 1.54) is 18.4 Å². The lowest BCUT2D eigenvalue weighted by Gasteiger charge is -2.19. The van der Waals surface area contributed by atoms with Crippen LogP contribution in [0.15, 0.2) is 42.7 Å². The molecule has 0 N–H and O–H groups in total. The van der Waals surface area contributed by atoms with Crippen molar-refractivity contribution in [2.45, 2.75) is 31.8 Å². The Balaban J connectivity index is 1.80. The van der Waals surface area contributed by atoms with Gasteiger partial charge in [0.1, 0.15) is 0 Å². The van der Waals surface area contributed by atoms with Crippen molar-refractivity contribution in [3.05, 3.63) is 48.2 Å². The van der Waals surface area contributed by atoms with Gasteiger partial charge >= 0.3 is 0 Å². The Kier molecular flexibility index (Phi) is 3.23. The summed E-state index contributed by atoms with van der Waals surface area (Å²) in [5.41, 5.74) is 1.41. The number of rotatable bonds is 3. The molecule has 1 aromatic carbocycles. The first kappa shape index (κ1) is 9.32. The molecule has 1 atom stereocenters. The smallest absolute Gasteiger partial charge is 0.0984 e. The monoisotopic (exact) mass is 188 g/mol. The lowest BCUT2D eigenvalue weighted by atomic mass is 10.0. The van der Waals surface area contributed by atoms with Gasteiger partial charge in [0.25, 0.3) is 0 Å². The number of ether oxygens (including phenoxy) is 1. The van der Waals surface area contributed by atoms with Crippen molar-refractivity contribution in [2.75, 3.05) is 0 Å². The van der Waals surface area contributed by atoms with Crippen LogP contribution in [0.1, 0.15) is 24.8 Å². The fourth-order valence-electron chi connectivity index (χ4n) is 1.77. The molecule has 0 fully saturated rings. The molecule has 1 aliphatic rings. The predicted octanol–water partition coefficient (Wildman–Crippen LogP) is 3.31. The van der Waals surface area contributed by atoms with Gasteiger partial charge in [-0.1, -0.05) is 30.3 Å². The fourth-order valence-corrected chi connectivity index (χ4v) is 1.77. The van der Waals surface area contributed by atoms with Crippen LogP contribution < -0.4 is 0 Å². The highest BCUT2D eigenvalue weighted by Gasteiger charge is 2.10. The number of benzene rings is 1. The normalized spacial score (nSPS) is 20.4. The van der Waals surface area contributed by atoms with Crippen LogP contribution in [0.25, 0.3) is 0 Å². The van der Waals surface area contributed by atoms with E-state index in [1.807, 2.05) is 6.26 Å². The molecule has 0 bridgehead atoms. The quantitative estimate of drug-likeness (QED) is 0.707. The molecule has 0 saturated carbocycles. The minimum absolute atomic E-state index is 0.431. The average molecular weight is 188 g/mol. The summed E-state index contributed by atoms with van der Waals surface area (Å²) >= 11 is 0. The van der Waals surface area contributed by atoms with E-state index in [0.29, 0.717) is 6.10 Å². The average Bonchev–Trinajstić information content (AvgIpc) is 2.29. The molecule has 74 valence electrons. The lowest BCUT2D eigenvalue weighted by Crippen LogP contribution is -2.13. The molecule has 0 saturated heterocycles. The first-order valence-electron chi connectivity index (χ1n) is 5.29. The van der Waals surface area contributed by atoms with Crippen LogP contribution in [0, 0.1) is 0 Å². The summed E-state index contributed by atoms with van der Waals surface area (Å²) in [6.07, 6.45) is 8.97. The standard InChI is InChI=1S/C13H16O/c1-2-6-12(7-3-1)9-10-13-8-4-5-11-14-13/h1-3,5-7,11,13H,4,8-10H2. The summed E-state index contributed by atoms with van der Waals surface area (Å²) in [6, 6.07) is 10.6. The third kappa shape index (κ3) is 2.63. The van der Waals surface area contributed by atoms with Gasteiger partial charge in [-0.25, -0.2) is 0 Å². The maximum atomic E-state index is 5.52. The van der Waals surface area contributed by atoms with Gasteiger partial charge in [0.05, 0.1) is 12.4 Å². The van der Waals surface area contributed by atoms with Crippen molar-refractivity contribution in [3.63, 3.8) is 0 Å². The van der Waals surface area contributed by atoms with Crippen molar-refractivity contribution in [1.82, 2.24) is 0 Å². The maximum Gasteiger partial charge on any atom is 0.0984 e. The highest BCUT2D eigenvalue weighted by atomic mass is 16.5. The number of hydrogen-bond donors (Lipinski definition) is 0. The summed E-state index contributed by atoms with van der Waals surface area (Å²) < 4.78 is 5.52. The van der Waals surface area contributed by atoms with Gasteiger partial charge in [-0.3, -0.25) is 0 Å². The molecule has 1 heteroatoms. The zero-order valence-electron chi connectivity index (χ0n) is 8.36. The zero-order valence-corrected chi connectivity index (χ0v) is 8.36. The van der Waals surface area contributed by atoms with Gasteiger partial charge in [-0.15, -0.1) is 0 Å². The second-order valence-corrected chi connectivity index (χ2v) is 3.73. The van der Waals surface area contributed by atoms with Crippen molar-refractivity contribution < 1.29 is 4.74 Å². The molecule has 0 radical (unpaired) electrons. The van der Waals surface area contributed by atoms with Gasteiger partial charge in [-0.05, 0) is 37.3 Å². The molecule has 1 aromatic rings. The summed E-state index contributed by atoms with van der Waals surface area (Å²) in [5, 5.41) is 0. The topological polar surface area (TPSA) is 9.23 Å². The molecular formula is C13H16O. The summed E-state index contributed by atoms with van der Waals surface area (Å²) in [7, 11) is 0. The highest BCUT2D eigenvalue weighted by molar-refractivity contribution is 5.14. The SMILES string of the molecule is C1=COC(CCc2ccccc2)CC1. The molecule has 1 aliphatic heterocycles. The molecule has 1 unspecified atom stereocenters. The van der Waals surface area contributed by atoms with Crippen molar-refractivity contribution in [1.29, 1.82) is 0 Å². The van der Waals surface area contributed by atoms with Gasteiger partial charge in [0, 0.05) is 0 Å². The highest BCUT2D eigenvalue weighted by Crippen LogP contribution is 2.15. The van der Waals surface area contributed by atoms with Crippen LogP contribution in [0.5, 0.6) is 0 Å². The summed E-state index contributed by atoms with van der Waals surface area (Å²) in [6.45, 7) is 0. The molecule has 0 spiro atoms. The second kappa shape index (κ2) is 4.85. The minimum atomic E-state index is 0.431. The Morgan fingerprint density at radius 2 is 2.07 bits per heavy atom. The van der Waals surface area contributed by atoms with Crippen LogP contribution in [-0.4, -0.2) is 6.10 Å². The van der Waals surface area contributed by atoms with E-state index in [2.05, 4.69) is 36.4 Å². The molecule has 2 rings (SSSR count). The molecule has 1 heterocycles.